The Kier molecular flexibility index (Phi) is 5.83. The zero-order chi connectivity index (χ0) is 23.8. The molecule has 0 aliphatic rings. The molecule has 0 fully saturated rings. The fraction of sp³-hybridized carbons (Fsp3) is 0.182. The van der Waals surface area contributed by atoms with Crippen molar-refractivity contribution in [3.8, 4) is 5.69 Å². The number of carbonyl (C=O) groups excluding carboxylic acids is 1. The fourth-order valence-electron chi connectivity index (χ4n) is 3.21. The predicted octanol–water partition coefficient (Wildman–Crippen LogP) is 2.39. The van der Waals surface area contributed by atoms with Gasteiger partial charge in [-0.1, -0.05) is 12.1 Å². The maximum atomic E-state index is 12.9. The molecule has 2 aromatic heterocycles. The normalized spacial score (nSPS) is 11.9. The number of anilines is 1. The molecule has 4 aromatic rings. The molecule has 0 atom stereocenters. The number of rotatable bonds is 6. The van der Waals surface area contributed by atoms with E-state index in [2.05, 4.69) is 20.4 Å². The lowest BCUT2D eigenvalue weighted by atomic mass is 10.2. The summed E-state index contributed by atoms with van der Waals surface area (Å²) in [6.07, 6.45) is 2.70. The van der Waals surface area contributed by atoms with Gasteiger partial charge in [0.2, 0.25) is 10.0 Å². The number of nitrogens with one attached hydrogen (secondary N) is 2. The van der Waals surface area contributed by atoms with E-state index in [1.165, 1.54) is 52.8 Å². The number of fused-ring (bicyclic) bond motifs is 1. The number of H-pyrrole nitrogens is 1. The van der Waals surface area contributed by atoms with Crippen LogP contribution in [0, 0.1) is 0 Å². The second-order valence-corrected chi connectivity index (χ2v) is 9.63. The third kappa shape index (κ3) is 4.15. The summed E-state index contributed by atoms with van der Waals surface area (Å²) in [5, 5.41) is 7.39. The lowest BCUT2D eigenvalue weighted by Crippen LogP contribution is -2.33. The van der Waals surface area contributed by atoms with Crippen LogP contribution in [0.15, 0.2) is 70.7 Å². The van der Waals surface area contributed by atoms with Crippen molar-refractivity contribution in [2.24, 2.45) is 0 Å². The summed E-state index contributed by atoms with van der Waals surface area (Å²) in [6, 6.07) is 12.5. The van der Waals surface area contributed by atoms with Crippen molar-refractivity contribution in [2.45, 2.75) is 24.8 Å². The molecule has 10 nitrogen and oxygen atoms in total. The maximum Gasteiger partial charge on any atom is 0.261 e. The molecule has 0 aliphatic heterocycles. The fourth-order valence-corrected chi connectivity index (χ4v) is 4.58. The molecular weight excluding hydrogens is 444 g/mol. The van der Waals surface area contributed by atoms with Gasteiger partial charge in [-0.3, -0.25) is 9.59 Å². The molecule has 4 rings (SSSR count). The van der Waals surface area contributed by atoms with E-state index in [0.29, 0.717) is 22.4 Å². The summed E-state index contributed by atoms with van der Waals surface area (Å²) in [7, 11) is -2.13. The van der Waals surface area contributed by atoms with Crippen LogP contribution < -0.4 is 10.9 Å². The number of amides is 1. The van der Waals surface area contributed by atoms with Crippen LogP contribution in [0.5, 0.6) is 0 Å². The highest BCUT2D eigenvalue weighted by Gasteiger charge is 2.23. The minimum Gasteiger partial charge on any atom is -0.320 e. The highest BCUT2D eigenvalue weighted by molar-refractivity contribution is 7.89. The van der Waals surface area contributed by atoms with E-state index in [1.54, 1.807) is 38.1 Å². The number of nitrogens with zero attached hydrogens (tertiary/aromatic N) is 4. The number of para-hydroxylation sites is 2. The van der Waals surface area contributed by atoms with Crippen LogP contribution in [0.25, 0.3) is 16.7 Å². The quantitative estimate of drug-likeness (QED) is 0.449. The number of aromatic nitrogens is 4. The van der Waals surface area contributed by atoms with E-state index in [1.807, 2.05) is 0 Å². The van der Waals surface area contributed by atoms with E-state index in [0.717, 1.165) is 0 Å². The van der Waals surface area contributed by atoms with Gasteiger partial charge in [0.05, 0.1) is 28.8 Å². The van der Waals surface area contributed by atoms with Crippen LogP contribution in [-0.4, -0.2) is 51.5 Å². The SMILES string of the molecule is CC(C)N(C)S(=O)(=O)c1ccc(C(=O)Nc2ccccc2-n2ncc3c(=O)[nH]cnc32)cc1. The first-order valence-corrected chi connectivity index (χ1v) is 11.5. The number of carbonyl (C=O) groups is 1. The molecule has 11 heteroatoms. The first-order valence-electron chi connectivity index (χ1n) is 10.1. The molecule has 0 unspecified atom stereocenters. The minimum atomic E-state index is -3.65. The lowest BCUT2D eigenvalue weighted by Gasteiger charge is -2.21. The molecule has 0 saturated carbocycles. The van der Waals surface area contributed by atoms with Gasteiger partial charge in [0.15, 0.2) is 5.65 Å². The van der Waals surface area contributed by atoms with Gasteiger partial charge >= 0.3 is 0 Å². The van der Waals surface area contributed by atoms with E-state index < -0.39 is 15.9 Å². The van der Waals surface area contributed by atoms with Crippen molar-refractivity contribution in [1.82, 2.24) is 24.1 Å². The van der Waals surface area contributed by atoms with Crippen molar-refractivity contribution < 1.29 is 13.2 Å². The largest absolute Gasteiger partial charge is 0.320 e. The number of hydrogen-bond donors (Lipinski definition) is 2. The first-order chi connectivity index (χ1) is 15.7. The molecule has 0 radical (unpaired) electrons. The Bertz CT molecular complexity index is 1490. The molecule has 0 bridgehead atoms. The van der Waals surface area contributed by atoms with Crippen molar-refractivity contribution in [2.75, 3.05) is 12.4 Å². The number of benzene rings is 2. The molecule has 2 aromatic carbocycles. The Hall–Kier alpha value is -3.83. The highest BCUT2D eigenvalue weighted by Crippen LogP contribution is 2.23. The van der Waals surface area contributed by atoms with Crippen molar-refractivity contribution >= 4 is 32.7 Å². The Morgan fingerprint density at radius 3 is 2.52 bits per heavy atom. The van der Waals surface area contributed by atoms with Gasteiger partial charge in [0.25, 0.3) is 11.5 Å². The molecule has 1 amide bonds. The van der Waals surface area contributed by atoms with Gasteiger partial charge in [0, 0.05) is 18.7 Å². The van der Waals surface area contributed by atoms with E-state index in [-0.39, 0.29) is 22.1 Å². The first kappa shape index (κ1) is 22.4. The standard InChI is InChI=1S/C22H22N6O4S/c1-14(2)27(3)33(31,32)16-10-8-15(9-11-16)21(29)26-18-6-4-5-7-19(18)28-20-17(12-25-28)22(30)24-13-23-20/h4-14H,1-3H3,(H,26,29)(H,23,24,30). The summed E-state index contributed by atoms with van der Waals surface area (Å²) >= 11 is 0. The number of hydrogen-bond acceptors (Lipinski definition) is 6. The van der Waals surface area contributed by atoms with Crippen LogP contribution in [0.4, 0.5) is 5.69 Å². The van der Waals surface area contributed by atoms with Gasteiger partial charge in [-0.2, -0.15) is 9.40 Å². The molecule has 0 saturated heterocycles. The Labute approximate surface area is 189 Å². The second kappa shape index (κ2) is 8.60. The summed E-state index contributed by atoms with van der Waals surface area (Å²) in [5.41, 5.74) is 1.30. The molecular formula is C22H22N6O4S. The van der Waals surface area contributed by atoms with Gasteiger partial charge in [0.1, 0.15) is 5.39 Å². The number of aromatic amines is 1. The van der Waals surface area contributed by atoms with Gasteiger partial charge in [-0.25, -0.2) is 18.1 Å². The summed E-state index contributed by atoms with van der Waals surface area (Å²) in [4.78, 5) is 31.7. The van der Waals surface area contributed by atoms with Crippen molar-refractivity contribution in [3.63, 3.8) is 0 Å². The zero-order valence-corrected chi connectivity index (χ0v) is 19.0. The minimum absolute atomic E-state index is 0.106. The lowest BCUT2D eigenvalue weighted by molar-refractivity contribution is 0.102. The third-order valence-corrected chi connectivity index (χ3v) is 7.32. The monoisotopic (exact) mass is 466 g/mol. The number of sulfonamides is 1. The molecule has 33 heavy (non-hydrogen) atoms. The second-order valence-electron chi connectivity index (χ2n) is 7.64. The van der Waals surface area contributed by atoms with Gasteiger partial charge < -0.3 is 10.3 Å². The van der Waals surface area contributed by atoms with Crippen molar-refractivity contribution in [1.29, 1.82) is 0 Å². The van der Waals surface area contributed by atoms with E-state index >= 15 is 0 Å². The van der Waals surface area contributed by atoms with Crippen LogP contribution >= 0.6 is 0 Å². The third-order valence-electron chi connectivity index (χ3n) is 5.27. The smallest absolute Gasteiger partial charge is 0.261 e. The van der Waals surface area contributed by atoms with E-state index in [9.17, 15) is 18.0 Å². The summed E-state index contributed by atoms with van der Waals surface area (Å²) in [6.45, 7) is 3.57. The van der Waals surface area contributed by atoms with Crippen LogP contribution in [0.3, 0.4) is 0 Å². The molecule has 2 N–H and O–H groups in total. The molecule has 2 heterocycles. The zero-order valence-electron chi connectivity index (χ0n) is 18.2. The average molecular weight is 467 g/mol. The van der Waals surface area contributed by atoms with Crippen LogP contribution in [0.2, 0.25) is 0 Å². The Morgan fingerprint density at radius 2 is 1.82 bits per heavy atom. The van der Waals surface area contributed by atoms with Gasteiger partial charge in [-0.05, 0) is 50.2 Å². The summed E-state index contributed by atoms with van der Waals surface area (Å²) in [5.74, 6) is -0.425. The topological polar surface area (TPSA) is 130 Å². The van der Waals surface area contributed by atoms with Gasteiger partial charge in [-0.15, -0.1) is 0 Å². The van der Waals surface area contributed by atoms with E-state index in [4.69, 9.17) is 0 Å². The molecule has 0 spiro atoms. The average Bonchev–Trinajstić information content (AvgIpc) is 3.24. The predicted molar refractivity (Wildman–Crippen MR) is 124 cm³/mol. The maximum absolute atomic E-state index is 12.9. The molecule has 0 aliphatic carbocycles. The van der Waals surface area contributed by atoms with Crippen LogP contribution in [-0.2, 0) is 10.0 Å². The Balaban J connectivity index is 1.63. The van der Waals surface area contributed by atoms with Crippen LogP contribution in [0.1, 0.15) is 24.2 Å². The Morgan fingerprint density at radius 1 is 1.12 bits per heavy atom. The van der Waals surface area contributed by atoms with Crippen molar-refractivity contribution in [3.05, 3.63) is 77.0 Å². The highest BCUT2D eigenvalue weighted by atomic mass is 32.2. The summed E-state index contributed by atoms with van der Waals surface area (Å²) < 4.78 is 28.0. The molecule has 170 valence electrons.